The molecule has 0 fully saturated rings. The fourth-order valence-corrected chi connectivity index (χ4v) is 3.92. The van der Waals surface area contributed by atoms with E-state index in [1.807, 2.05) is 50.2 Å². The van der Waals surface area contributed by atoms with Gasteiger partial charge in [0.15, 0.2) is 0 Å². The second-order valence-electron chi connectivity index (χ2n) is 7.11. The van der Waals surface area contributed by atoms with E-state index in [0.717, 1.165) is 26.7 Å². The summed E-state index contributed by atoms with van der Waals surface area (Å²) in [7, 11) is 0. The summed E-state index contributed by atoms with van der Waals surface area (Å²) in [5, 5.41) is 5.20. The van der Waals surface area contributed by atoms with Crippen LogP contribution in [0.2, 0.25) is 10.0 Å². The molecule has 1 amide bonds. The molecule has 3 aromatic carbocycles. The fourth-order valence-electron chi connectivity index (χ4n) is 2.94. The molecular weight excluding hydrogens is 499 g/mol. The quantitative estimate of drug-likeness (QED) is 0.281. The van der Waals surface area contributed by atoms with Crippen LogP contribution in [0.5, 0.6) is 5.75 Å². The van der Waals surface area contributed by atoms with Crippen molar-refractivity contribution in [1.82, 2.24) is 5.43 Å². The molecule has 31 heavy (non-hydrogen) atoms. The zero-order valence-electron chi connectivity index (χ0n) is 17.1. The molecular formula is C24H21BrCl2N2O2. The van der Waals surface area contributed by atoms with Gasteiger partial charge in [-0.2, -0.15) is 5.10 Å². The molecule has 0 aromatic heterocycles. The van der Waals surface area contributed by atoms with Gasteiger partial charge in [0.2, 0.25) is 5.91 Å². The molecule has 0 aliphatic carbocycles. The molecule has 0 saturated carbocycles. The zero-order chi connectivity index (χ0) is 22.4. The Bertz CT molecular complexity index is 1130. The second-order valence-corrected chi connectivity index (χ2v) is 8.81. The van der Waals surface area contributed by atoms with E-state index in [1.165, 1.54) is 5.56 Å². The summed E-state index contributed by atoms with van der Waals surface area (Å²) in [6.45, 7) is 4.35. The summed E-state index contributed by atoms with van der Waals surface area (Å²) < 4.78 is 6.61. The first-order valence-electron chi connectivity index (χ1n) is 9.56. The van der Waals surface area contributed by atoms with Gasteiger partial charge in [0.25, 0.3) is 0 Å². The van der Waals surface area contributed by atoms with E-state index in [4.69, 9.17) is 27.9 Å². The van der Waals surface area contributed by atoms with E-state index in [-0.39, 0.29) is 12.3 Å². The highest BCUT2D eigenvalue weighted by atomic mass is 79.9. The second kappa shape index (κ2) is 10.8. The van der Waals surface area contributed by atoms with Crippen molar-refractivity contribution in [2.24, 2.45) is 5.10 Å². The lowest BCUT2D eigenvalue weighted by Gasteiger charge is -2.10. The van der Waals surface area contributed by atoms with Crippen LogP contribution in [-0.4, -0.2) is 12.1 Å². The SMILES string of the molecule is Cc1ccc(CC(=O)N/N=C\c2ccc(OCc3ccc(Cl)cc3Cl)c(Br)c2)c(C)c1. The van der Waals surface area contributed by atoms with E-state index in [0.29, 0.717) is 22.4 Å². The highest BCUT2D eigenvalue weighted by molar-refractivity contribution is 9.10. The number of halogens is 3. The first kappa shape index (κ1) is 23.3. The molecule has 0 saturated heterocycles. The van der Waals surface area contributed by atoms with Gasteiger partial charge in [0, 0.05) is 15.6 Å². The number of ether oxygens (including phenoxy) is 1. The summed E-state index contributed by atoms with van der Waals surface area (Å²) in [5.74, 6) is 0.504. The molecule has 0 radical (unpaired) electrons. The van der Waals surface area contributed by atoms with Crippen molar-refractivity contribution in [2.45, 2.75) is 26.9 Å². The first-order valence-corrected chi connectivity index (χ1v) is 11.1. The van der Waals surface area contributed by atoms with Gasteiger partial charge >= 0.3 is 0 Å². The highest BCUT2D eigenvalue weighted by Crippen LogP contribution is 2.28. The normalized spacial score (nSPS) is 11.0. The molecule has 3 aromatic rings. The predicted octanol–water partition coefficient (Wildman–Crippen LogP) is 6.64. The third kappa shape index (κ3) is 6.82. The van der Waals surface area contributed by atoms with E-state index >= 15 is 0 Å². The van der Waals surface area contributed by atoms with Crippen LogP contribution in [0.4, 0.5) is 0 Å². The minimum absolute atomic E-state index is 0.165. The number of rotatable bonds is 7. The number of carbonyl (C=O) groups excluding carboxylic acids is 1. The van der Waals surface area contributed by atoms with Crippen molar-refractivity contribution in [2.75, 3.05) is 0 Å². The van der Waals surface area contributed by atoms with Crippen molar-refractivity contribution in [3.8, 4) is 5.75 Å². The molecule has 0 spiro atoms. The Hall–Kier alpha value is -2.34. The summed E-state index contributed by atoms with van der Waals surface area (Å²) in [6, 6.07) is 16.9. The number of nitrogens with one attached hydrogen (secondary N) is 1. The molecule has 0 bridgehead atoms. The van der Waals surface area contributed by atoms with Gasteiger partial charge in [-0.3, -0.25) is 4.79 Å². The van der Waals surface area contributed by atoms with Gasteiger partial charge in [-0.25, -0.2) is 5.43 Å². The van der Waals surface area contributed by atoms with Crippen LogP contribution >= 0.6 is 39.1 Å². The molecule has 0 atom stereocenters. The van der Waals surface area contributed by atoms with Crippen molar-refractivity contribution in [3.63, 3.8) is 0 Å². The maximum Gasteiger partial charge on any atom is 0.244 e. The zero-order valence-corrected chi connectivity index (χ0v) is 20.2. The Balaban J connectivity index is 1.55. The predicted molar refractivity (Wildman–Crippen MR) is 130 cm³/mol. The Labute approximate surface area is 200 Å². The summed E-state index contributed by atoms with van der Waals surface area (Å²) in [4.78, 5) is 12.2. The minimum Gasteiger partial charge on any atom is -0.488 e. The third-order valence-corrected chi connectivity index (χ3v) is 5.81. The monoisotopic (exact) mass is 518 g/mol. The van der Waals surface area contributed by atoms with Gasteiger partial charge in [-0.05, 0) is 76.8 Å². The molecule has 0 unspecified atom stereocenters. The van der Waals surface area contributed by atoms with Gasteiger partial charge in [0.1, 0.15) is 12.4 Å². The first-order chi connectivity index (χ1) is 14.8. The number of aryl methyl sites for hydroxylation is 2. The topological polar surface area (TPSA) is 50.7 Å². The summed E-state index contributed by atoms with van der Waals surface area (Å²) in [6.07, 6.45) is 1.87. The molecule has 0 heterocycles. The van der Waals surface area contributed by atoms with Crippen LogP contribution in [0.1, 0.15) is 27.8 Å². The Morgan fingerprint density at radius 2 is 1.84 bits per heavy atom. The number of hydrogen-bond donors (Lipinski definition) is 1. The minimum atomic E-state index is -0.165. The molecule has 3 rings (SSSR count). The highest BCUT2D eigenvalue weighted by Gasteiger charge is 2.07. The molecule has 4 nitrogen and oxygen atoms in total. The van der Waals surface area contributed by atoms with Crippen LogP contribution in [0.25, 0.3) is 0 Å². The Morgan fingerprint density at radius 3 is 2.55 bits per heavy atom. The van der Waals surface area contributed by atoms with Gasteiger partial charge in [-0.1, -0.05) is 53.0 Å². The standard InChI is InChI=1S/C24H21BrCl2N2O2/c1-15-3-5-18(16(2)9-15)11-24(30)29-28-13-17-4-8-23(21(25)10-17)31-14-19-6-7-20(26)12-22(19)27/h3-10,12-13H,11,14H2,1-2H3,(H,29,30)/b28-13-. The Kier molecular flexibility index (Phi) is 8.13. The van der Waals surface area contributed by atoms with E-state index in [9.17, 15) is 4.79 Å². The smallest absolute Gasteiger partial charge is 0.244 e. The maximum atomic E-state index is 12.2. The van der Waals surface area contributed by atoms with Crippen molar-refractivity contribution >= 4 is 51.3 Å². The number of nitrogens with zero attached hydrogens (tertiary/aromatic N) is 1. The largest absolute Gasteiger partial charge is 0.488 e. The van der Waals surface area contributed by atoms with Gasteiger partial charge in [0.05, 0.1) is 17.1 Å². The number of carbonyl (C=O) groups is 1. The van der Waals surface area contributed by atoms with Crippen LogP contribution in [-0.2, 0) is 17.8 Å². The van der Waals surface area contributed by atoms with Crippen LogP contribution < -0.4 is 10.2 Å². The lowest BCUT2D eigenvalue weighted by atomic mass is 10.0. The molecule has 0 aliphatic rings. The lowest BCUT2D eigenvalue weighted by molar-refractivity contribution is -0.120. The average Bonchev–Trinajstić information content (AvgIpc) is 2.71. The van der Waals surface area contributed by atoms with E-state index in [2.05, 4.69) is 32.5 Å². The van der Waals surface area contributed by atoms with Crippen LogP contribution in [0.15, 0.2) is 64.2 Å². The average molecular weight is 520 g/mol. The molecule has 0 aliphatic heterocycles. The van der Waals surface area contributed by atoms with Crippen LogP contribution in [0.3, 0.4) is 0 Å². The fraction of sp³-hybridized carbons (Fsp3) is 0.167. The van der Waals surface area contributed by atoms with Crippen molar-refractivity contribution in [1.29, 1.82) is 0 Å². The molecule has 1 N–H and O–H groups in total. The Morgan fingerprint density at radius 1 is 1.06 bits per heavy atom. The van der Waals surface area contributed by atoms with Crippen molar-refractivity contribution < 1.29 is 9.53 Å². The summed E-state index contributed by atoms with van der Waals surface area (Å²) in [5.41, 5.74) is 7.49. The van der Waals surface area contributed by atoms with E-state index < -0.39 is 0 Å². The van der Waals surface area contributed by atoms with E-state index in [1.54, 1.807) is 18.3 Å². The maximum absolute atomic E-state index is 12.2. The molecule has 160 valence electrons. The lowest BCUT2D eigenvalue weighted by Crippen LogP contribution is -2.20. The number of benzene rings is 3. The number of amides is 1. The summed E-state index contributed by atoms with van der Waals surface area (Å²) >= 11 is 15.6. The number of hydrogen-bond acceptors (Lipinski definition) is 3. The van der Waals surface area contributed by atoms with Crippen molar-refractivity contribution in [3.05, 3.63) is 96.9 Å². The molecule has 7 heteroatoms. The van der Waals surface area contributed by atoms with Gasteiger partial charge < -0.3 is 4.74 Å². The van der Waals surface area contributed by atoms with Gasteiger partial charge in [-0.15, -0.1) is 0 Å². The number of hydrazone groups is 1. The third-order valence-electron chi connectivity index (χ3n) is 4.61. The van der Waals surface area contributed by atoms with Crippen LogP contribution in [0, 0.1) is 13.8 Å².